The predicted molar refractivity (Wildman–Crippen MR) is 53.0 cm³/mol. The van der Waals surface area contributed by atoms with Crippen LogP contribution in [0.2, 0.25) is 0 Å². The second kappa shape index (κ2) is 2.76. The summed E-state index contributed by atoms with van der Waals surface area (Å²) in [6.45, 7) is 4.62. The van der Waals surface area contributed by atoms with Crippen molar-refractivity contribution in [3.63, 3.8) is 0 Å². The molecule has 0 heterocycles. The summed E-state index contributed by atoms with van der Waals surface area (Å²) in [5.41, 5.74) is 2.16. The van der Waals surface area contributed by atoms with E-state index in [1.54, 1.807) is 5.57 Å². The van der Waals surface area contributed by atoms with Crippen LogP contribution in [0.15, 0.2) is 23.8 Å². The summed E-state index contributed by atoms with van der Waals surface area (Å²) < 4.78 is 0. The van der Waals surface area contributed by atoms with E-state index in [2.05, 4.69) is 32.1 Å². The second-order valence-electron chi connectivity index (χ2n) is 4.50. The van der Waals surface area contributed by atoms with Gasteiger partial charge in [-0.3, -0.25) is 0 Å². The summed E-state index contributed by atoms with van der Waals surface area (Å²) >= 11 is 0. The first kappa shape index (κ1) is 8.10. The Morgan fingerprint density at radius 1 is 1.67 bits per heavy atom. The molecular formula is C12H18. The zero-order valence-electron chi connectivity index (χ0n) is 8.14. The van der Waals surface area contributed by atoms with Gasteiger partial charge in [-0.2, -0.15) is 0 Å². The molecule has 0 nitrogen and oxygen atoms in total. The van der Waals surface area contributed by atoms with Crippen molar-refractivity contribution in [2.24, 2.45) is 11.3 Å². The van der Waals surface area contributed by atoms with E-state index >= 15 is 0 Å². The van der Waals surface area contributed by atoms with Gasteiger partial charge in [0.2, 0.25) is 0 Å². The van der Waals surface area contributed by atoms with Gasteiger partial charge in [-0.05, 0) is 42.6 Å². The average molecular weight is 162 g/mol. The van der Waals surface area contributed by atoms with Gasteiger partial charge in [0.25, 0.3) is 0 Å². The smallest absolute Gasteiger partial charge is 0.00726 e. The van der Waals surface area contributed by atoms with E-state index in [-0.39, 0.29) is 0 Å². The lowest BCUT2D eigenvalue weighted by atomic mass is 9.82. The topological polar surface area (TPSA) is 0 Å². The molecule has 2 bridgehead atoms. The van der Waals surface area contributed by atoms with E-state index in [9.17, 15) is 0 Å². The molecular weight excluding hydrogens is 144 g/mol. The summed E-state index contributed by atoms with van der Waals surface area (Å²) in [6.07, 6.45) is 12.6. The molecule has 0 radical (unpaired) electrons. The molecule has 0 aliphatic heterocycles. The van der Waals surface area contributed by atoms with Crippen molar-refractivity contribution in [3.8, 4) is 0 Å². The third-order valence-electron chi connectivity index (χ3n) is 3.42. The van der Waals surface area contributed by atoms with Crippen LogP contribution in [0.25, 0.3) is 0 Å². The van der Waals surface area contributed by atoms with Gasteiger partial charge in [0.15, 0.2) is 0 Å². The molecule has 2 unspecified atom stereocenters. The Morgan fingerprint density at radius 3 is 3.00 bits per heavy atom. The maximum atomic E-state index is 2.50. The molecule has 66 valence electrons. The Balaban J connectivity index is 2.17. The molecule has 12 heavy (non-hydrogen) atoms. The van der Waals surface area contributed by atoms with Crippen molar-refractivity contribution in [2.75, 3.05) is 0 Å². The summed E-state index contributed by atoms with van der Waals surface area (Å²) in [4.78, 5) is 0. The van der Waals surface area contributed by atoms with Gasteiger partial charge in [0.1, 0.15) is 0 Å². The van der Waals surface area contributed by atoms with Crippen molar-refractivity contribution in [2.45, 2.75) is 39.5 Å². The van der Waals surface area contributed by atoms with Crippen LogP contribution in [0.5, 0.6) is 0 Å². The normalized spacial score (nSPS) is 39.5. The minimum atomic E-state index is 0.552. The Hall–Kier alpha value is -0.520. The highest BCUT2D eigenvalue weighted by Crippen LogP contribution is 2.53. The Kier molecular flexibility index (Phi) is 1.86. The monoisotopic (exact) mass is 162 g/mol. The Labute approximate surface area is 75.4 Å². The molecule has 0 spiro atoms. The van der Waals surface area contributed by atoms with Gasteiger partial charge in [-0.1, -0.05) is 32.1 Å². The standard InChI is InChI=1S/C12H18/c1-3-4-5-11-8-10-6-7-12(11,2)9-10/h4-5,8,10H,3,6-7,9H2,1-2H3. The lowest BCUT2D eigenvalue weighted by molar-refractivity contribution is 0.434. The molecule has 0 heteroatoms. The number of hydrogen-bond acceptors (Lipinski definition) is 0. The van der Waals surface area contributed by atoms with Gasteiger partial charge in [0, 0.05) is 0 Å². The van der Waals surface area contributed by atoms with Crippen LogP contribution in [-0.2, 0) is 0 Å². The van der Waals surface area contributed by atoms with Crippen LogP contribution in [0.4, 0.5) is 0 Å². The molecule has 1 saturated carbocycles. The fourth-order valence-electron chi connectivity index (χ4n) is 2.65. The maximum absolute atomic E-state index is 2.50. The first-order valence-electron chi connectivity index (χ1n) is 5.13. The summed E-state index contributed by atoms with van der Waals surface area (Å²) in [6, 6.07) is 0. The number of rotatable bonds is 2. The average Bonchev–Trinajstić information content (AvgIpc) is 2.55. The number of hydrogen-bond donors (Lipinski definition) is 0. The van der Waals surface area contributed by atoms with E-state index in [0.717, 1.165) is 12.3 Å². The van der Waals surface area contributed by atoms with Crippen molar-refractivity contribution in [1.82, 2.24) is 0 Å². The molecule has 0 N–H and O–H groups in total. The summed E-state index contributed by atoms with van der Waals surface area (Å²) in [7, 11) is 0. The van der Waals surface area contributed by atoms with E-state index < -0.39 is 0 Å². The van der Waals surface area contributed by atoms with Crippen molar-refractivity contribution in [3.05, 3.63) is 23.8 Å². The van der Waals surface area contributed by atoms with Gasteiger partial charge >= 0.3 is 0 Å². The Bertz CT molecular complexity index is 234. The maximum Gasteiger partial charge on any atom is -0.00726 e. The van der Waals surface area contributed by atoms with Crippen LogP contribution in [-0.4, -0.2) is 0 Å². The molecule has 0 amide bonds. The fourth-order valence-corrected chi connectivity index (χ4v) is 2.65. The lowest BCUT2D eigenvalue weighted by Gasteiger charge is -2.22. The highest BCUT2D eigenvalue weighted by molar-refractivity contribution is 5.34. The van der Waals surface area contributed by atoms with E-state index in [0.29, 0.717) is 5.41 Å². The molecule has 2 aliphatic carbocycles. The van der Waals surface area contributed by atoms with E-state index in [1.165, 1.54) is 19.3 Å². The molecule has 0 saturated heterocycles. The highest BCUT2D eigenvalue weighted by atomic mass is 14.5. The first-order valence-corrected chi connectivity index (χ1v) is 5.13. The molecule has 2 atom stereocenters. The van der Waals surface area contributed by atoms with Crippen LogP contribution in [0, 0.1) is 11.3 Å². The lowest BCUT2D eigenvalue weighted by Crippen LogP contribution is -2.10. The molecule has 0 aromatic carbocycles. The van der Waals surface area contributed by atoms with E-state index in [1.807, 2.05) is 0 Å². The minimum absolute atomic E-state index is 0.552. The fraction of sp³-hybridized carbons (Fsp3) is 0.667. The van der Waals surface area contributed by atoms with Gasteiger partial charge in [-0.15, -0.1) is 0 Å². The first-order chi connectivity index (χ1) is 5.74. The summed E-state index contributed by atoms with van der Waals surface area (Å²) in [5.74, 6) is 0.909. The quantitative estimate of drug-likeness (QED) is 0.580. The molecule has 0 aromatic rings. The third-order valence-corrected chi connectivity index (χ3v) is 3.42. The number of allylic oxidation sites excluding steroid dienone is 4. The van der Waals surface area contributed by atoms with Gasteiger partial charge in [0.05, 0.1) is 0 Å². The molecule has 0 aromatic heterocycles. The molecule has 2 rings (SSSR count). The number of fused-ring (bicyclic) bond motifs is 2. The van der Waals surface area contributed by atoms with Gasteiger partial charge < -0.3 is 0 Å². The molecule has 1 fully saturated rings. The Morgan fingerprint density at radius 2 is 2.50 bits per heavy atom. The zero-order chi connectivity index (χ0) is 8.60. The van der Waals surface area contributed by atoms with Crippen LogP contribution < -0.4 is 0 Å². The van der Waals surface area contributed by atoms with E-state index in [4.69, 9.17) is 0 Å². The SMILES string of the molecule is CCC=CC1=CC2CCC1(C)C2. The highest BCUT2D eigenvalue weighted by Gasteiger charge is 2.41. The van der Waals surface area contributed by atoms with Crippen LogP contribution in [0.1, 0.15) is 39.5 Å². The van der Waals surface area contributed by atoms with Gasteiger partial charge in [-0.25, -0.2) is 0 Å². The largest absolute Gasteiger partial charge is 0.0845 e. The van der Waals surface area contributed by atoms with Crippen molar-refractivity contribution >= 4 is 0 Å². The van der Waals surface area contributed by atoms with Crippen molar-refractivity contribution < 1.29 is 0 Å². The van der Waals surface area contributed by atoms with Crippen molar-refractivity contribution in [1.29, 1.82) is 0 Å². The second-order valence-corrected chi connectivity index (χ2v) is 4.50. The zero-order valence-corrected chi connectivity index (χ0v) is 8.14. The summed E-state index contributed by atoms with van der Waals surface area (Å²) in [5, 5.41) is 0. The van der Waals surface area contributed by atoms with Crippen LogP contribution in [0.3, 0.4) is 0 Å². The predicted octanol–water partition coefficient (Wildman–Crippen LogP) is 3.70. The molecule has 2 aliphatic rings. The minimum Gasteiger partial charge on any atom is -0.0845 e. The third kappa shape index (κ3) is 1.14. The van der Waals surface area contributed by atoms with Crippen LogP contribution >= 0.6 is 0 Å².